The molecule has 0 radical (unpaired) electrons. The van der Waals surface area contributed by atoms with E-state index in [9.17, 15) is 18.0 Å². The Kier molecular flexibility index (Phi) is 5.82. The number of esters is 1. The van der Waals surface area contributed by atoms with Crippen LogP contribution in [0.5, 0.6) is 0 Å². The third-order valence-corrected chi connectivity index (χ3v) is 4.33. The van der Waals surface area contributed by atoms with E-state index in [0.717, 1.165) is 17.4 Å². The summed E-state index contributed by atoms with van der Waals surface area (Å²) in [5.74, 6) is -0.923. The second kappa shape index (κ2) is 7.70. The molecule has 0 spiro atoms. The Hall–Kier alpha value is -2.67. The highest BCUT2D eigenvalue weighted by molar-refractivity contribution is 7.92. The average Bonchev–Trinajstić information content (AvgIpc) is 2.53. The van der Waals surface area contributed by atoms with E-state index in [1.54, 1.807) is 6.07 Å². The lowest BCUT2D eigenvalue weighted by Gasteiger charge is -2.14. The van der Waals surface area contributed by atoms with Crippen LogP contribution >= 0.6 is 0 Å². The average molecular weight is 375 g/mol. The van der Waals surface area contributed by atoms with Crippen LogP contribution in [-0.4, -0.2) is 32.5 Å². The van der Waals surface area contributed by atoms with Gasteiger partial charge in [0.25, 0.3) is 0 Å². The summed E-state index contributed by atoms with van der Waals surface area (Å²) < 4.78 is 30.0. The Morgan fingerprint density at radius 1 is 1.04 bits per heavy atom. The monoisotopic (exact) mass is 375 g/mol. The van der Waals surface area contributed by atoms with E-state index in [0.29, 0.717) is 16.8 Å². The number of sulfonamides is 1. The van der Waals surface area contributed by atoms with Crippen LogP contribution in [-0.2, 0) is 14.8 Å². The largest absolute Gasteiger partial charge is 0.451 e. The summed E-state index contributed by atoms with van der Waals surface area (Å²) in [4.78, 5) is 24.7. The molecule has 0 aromatic heterocycles. The van der Waals surface area contributed by atoms with Crippen LogP contribution in [0.2, 0.25) is 0 Å². The van der Waals surface area contributed by atoms with Gasteiger partial charge in [0.1, 0.15) is 0 Å². The van der Waals surface area contributed by atoms with Gasteiger partial charge in [-0.15, -0.1) is 0 Å². The summed E-state index contributed by atoms with van der Waals surface area (Å²) in [6.07, 6.45) is 0.0811. The lowest BCUT2D eigenvalue weighted by atomic mass is 10.1. The molecule has 2 rings (SSSR count). The Morgan fingerprint density at radius 2 is 1.65 bits per heavy atom. The highest BCUT2D eigenvalue weighted by atomic mass is 32.2. The maximum absolute atomic E-state index is 12.4. The van der Waals surface area contributed by atoms with Gasteiger partial charge < -0.3 is 4.74 Å². The molecule has 1 unspecified atom stereocenters. The summed E-state index contributed by atoms with van der Waals surface area (Å²) in [5.41, 5.74) is 2.91. The van der Waals surface area contributed by atoms with E-state index in [1.165, 1.54) is 31.2 Å². The normalized spacial score (nSPS) is 12.3. The lowest BCUT2D eigenvalue weighted by Crippen LogP contribution is -2.24. The zero-order valence-electron chi connectivity index (χ0n) is 15.1. The van der Waals surface area contributed by atoms with Crippen LogP contribution in [0, 0.1) is 13.8 Å². The molecule has 0 saturated heterocycles. The van der Waals surface area contributed by atoms with E-state index < -0.39 is 22.1 Å². The second-order valence-electron chi connectivity index (χ2n) is 6.18. The third kappa shape index (κ3) is 5.16. The standard InChI is InChI=1S/C19H21NO5S/c1-12-5-10-17(13(2)11-12)19(22)25-14(3)18(21)15-6-8-16(9-7-15)20-26(4,23)24/h5-11,14,20H,1-4H3. The predicted molar refractivity (Wildman–Crippen MR) is 100 cm³/mol. The smallest absolute Gasteiger partial charge is 0.339 e. The molecular formula is C19H21NO5S. The van der Waals surface area contributed by atoms with Crippen LogP contribution in [0.3, 0.4) is 0 Å². The zero-order chi connectivity index (χ0) is 19.5. The zero-order valence-corrected chi connectivity index (χ0v) is 15.9. The number of ketones is 1. The molecule has 2 aromatic carbocycles. The number of carbonyl (C=O) groups excluding carboxylic acids is 2. The number of aryl methyl sites for hydroxylation is 2. The first-order chi connectivity index (χ1) is 12.1. The summed E-state index contributed by atoms with van der Waals surface area (Å²) >= 11 is 0. The fourth-order valence-electron chi connectivity index (χ4n) is 2.47. The first-order valence-electron chi connectivity index (χ1n) is 7.97. The Bertz CT molecular complexity index is 933. The number of benzene rings is 2. The fourth-order valence-corrected chi connectivity index (χ4v) is 3.04. The molecule has 0 heterocycles. The third-order valence-electron chi connectivity index (χ3n) is 3.73. The number of hydrogen-bond acceptors (Lipinski definition) is 5. The molecule has 0 fully saturated rings. The molecule has 1 atom stereocenters. The van der Waals surface area contributed by atoms with E-state index in [-0.39, 0.29) is 5.78 Å². The van der Waals surface area contributed by atoms with Gasteiger partial charge >= 0.3 is 5.97 Å². The molecule has 0 saturated carbocycles. The Morgan fingerprint density at radius 3 is 2.19 bits per heavy atom. The van der Waals surface area contributed by atoms with Crippen molar-refractivity contribution < 1.29 is 22.7 Å². The topological polar surface area (TPSA) is 89.5 Å². The molecule has 0 aliphatic carbocycles. The maximum atomic E-state index is 12.4. The van der Waals surface area contributed by atoms with E-state index in [2.05, 4.69) is 4.72 Å². The van der Waals surface area contributed by atoms with Crippen molar-refractivity contribution in [1.82, 2.24) is 0 Å². The number of hydrogen-bond donors (Lipinski definition) is 1. The first-order valence-corrected chi connectivity index (χ1v) is 9.86. The van der Waals surface area contributed by atoms with Gasteiger partial charge in [-0.05, 0) is 56.7 Å². The minimum Gasteiger partial charge on any atom is -0.451 e. The van der Waals surface area contributed by atoms with Gasteiger partial charge in [-0.25, -0.2) is 13.2 Å². The molecule has 0 aliphatic rings. The summed E-state index contributed by atoms with van der Waals surface area (Å²) in [7, 11) is -3.38. The van der Waals surface area contributed by atoms with Gasteiger partial charge in [0.2, 0.25) is 15.8 Å². The minimum atomic E-state index is -3.38. The lowest BCUT2D eigenvalue weighted by molar-refractivity contribution is 0.0318. The van der Waals surface area contributed by atoms with Crippen molar-refractivity contribution in [3.8, 4) is 0 Å². The van der Waals surface area contributed by atoms with Crippen molar-refractivity contribution >= 4 is 27.5 Å². The molecule has 0 aliphatic heterocycles. The first kappa shape index (κ1) is 19.7. The van der Waals surface area contributed by atoms with Crippen molar-refractivity contribution in [2.75, 3.05) is 11.0 Å². The van der Waals surface area contributed by atoms with Crippen LogP contribution < -0.4 is 4.72 Å². The van der Waals surface area contributed by atoms with Crippen molar-refractivity contribution in [1.29, 1.82) is 0 Å². The van der Waals surface area contributed by atoms with E-state index >= 15 is 0 Å². The van der Waals surface area contributed by atoms with Crippen LogP contribution in [0.1, 0.15) is 38.8 Å². The predicted octanol–water partition coefficient (Wildman–Crippen LogP) is 3.10. The van der Waals surface area contributed by atoms with Gasteiger partial charge in [-0.1, -0.05) is 17.7 Å². The second-order valence-corrected chi connectivity index (χ2v) is 7.93. The number of Topliss-reactive ketones (excluding diaryl/α,β-unsaturated/α-hetero) is 1. The maximum Gasteiger partial charge on any atom is 0.339 e. The Balaban J connectivity index is 2.08. The van der Waals surface area contributed by atoms with Gasteiger partial charge in [0, 0.05) is 11.3 Å². The van der Waals surface area contributed by atoms with Crippen molar-refractivity contribution in [3.05, 3.63) is 64.7 Å². The van der Waals surface area contributed by atoms with Crippen LogP contribution in [0.15, 0.2) is 42.5 Å². The number of nitrogens with one attached hydrogen (secondary N) is 1. The molecule has 7 heteroatoms. The molecular weight excluding hydrogens is 354 g/mol. The number of carbonyl (C=O) groups is 2. The van der Waals surface area contributed by atoms with Gasteiger partial charge in [0.05, 0.1) is 11.8 Å². The molecule has 1 N–H and O–H groups in total. The summed E-state index contributed by atoms with van der Waals surface area (Å²) in [6.45, 7) is 5.24. The van der Waals surface area contributed by atoms with Gasteiger partial charge in [-0.2, -0.15) is 0 Å². The van der Waals surface area contributed by atoms with E-state index in [4.69, 9.17) is 4.74 Å². The molecule has 6 nitrogen and oxygen atoms in total. The minimum absolute atomic E-state index is 0.324. The summed E-state index contributed by atoms with van der Waals surface area (Å²) in [6, 6.07) is 11.3. The molecule has 0 bridgehead atoms. The molecule has 138 valence electrons. The van der Waals surface area contributed by atoms with Gasteiger partial charge in [0.15, 0.2) is 6.10 Å². The quantitative estimate of drug-likeness (QED) is 0.619. The number of ether oxygens (including phenoxy) is 1. The fraction of sp³-hybridized carbons (Fsp3) is 0.263. The SMILES string of the molecule is Cc1ccc(C(=O)OC(C)C(=O)c2ccc(NS(C)(=O)=O)cc2)c(C)c1. The summed E-state index contributed by atoms with van der Waals surface area (Å²) in [5, 5.41) is 0. The Labute approximate surface area is 153 Å². The van der Waals surface area contributed by atoms with Crippen molar-refractivity contribution in [2.24, 2.45) is 0 Å². The number of rotatable bonds is 6. The van der Waals surface area contributed by atoms with E-state index in [1.807, 2.05) is 26.0 Å². The van der Waals surface area contributed by atoms with Crippen LogP contribution in [0.4, 0.5) is 5.69 Å². The highest BCUT2D eigenvalue weighted by Gasteiger charge is 2.21. The molecule has 26 heavy (non-hydrogen) atoms. The number of anilines is 1. The van der Waals surface area contributed by atoms with Crippen molar-refractivity contribution in [3.63, 3.8) is 0 Å². The van der Waals surface area contributed by atoms with Crippen molar-refractivity contribution in [2.45, 2.75) is 26.9 Å². The molecule has 0 amide bonds. The highest BCUT2D eigenvalue weighted by Crippen LogP contribution is 2.16. The van der Waals surface area contributed by atoms with Crippen LogP contribution in [0.25, 0.3) is 0 Å². The molecule has 2 aromatic rings. The van der Waals surface area contributed by atoms with Gasteiger partial charge in [-0.3, -0.25) is 9.52 Å².